The van der Waals surface area contributed by atoms with Gasteiger partial charge in [-0.3, -0.25) is 14.2 Å². The van der Waals surface area contributed by atoms with Crippen LogP contribution in [0.25, 0.3) is 11.0 Å². The Bertz CT molecular complexity index is 1280. The molecule has 0 atom stereocenters. The van der Waals surface area contributed by atoms with Crippen molar-refractivity contribution in [3.05, 3.63) is 50.8 Å². The van der Waals surface area contributed by atoms with Gasteiger partial charge in [0, 0.05) is 30.6 Å². The van der Waals surface area contributed by atoms with E-state index < -0.39 is 23.7 Å². The zero-order valence-corrected chi connectivity index (χ0v) is 16.7. The minimum Gasteiger partial charge on any atom is -0.495 e. The number of aryl methyl sites for hydroxylation is 2. The summed E-state index contributed by atoms with van der Waals surface area (Å²) in [5.74, 6) is 0.893. The van der Waals surface area contributed by atoms with Gasteiger partial charge in [0.05, 0.1) is 7.11 Å². The zero-order valence-electron chi connectivity index (χ0n) is 16.7. The molecule has 2 aromatic heterocycles. The SMILES string of the molecule is COc1c(C)cnc2c1c(=O)n(CC(=O)Nc1ccc3c(c1)OCCO3)c(=O)n2C. The second kappa shape index (κ2) is 7.54. The van der Waals surface area contributed by atoms with Crippen molar-refractivity contribution in [1.82, 2.24) is 14.1 Å². The summed E-state index contributed by atoms with van der Waals surface area (Å²) in [5.41, 5.74) is 0.00989. The van der Waals surface area contributed by atoms with E-state index in [1.54, 1.807) is 25.1 Å². The van der Waals surface area contributed by atoms with Gasteiger partial charge in [-0.2, -0.15) is 0 Å². The number of hydrogen-bond acceptors (Lipinski definition) is 7. The van der Waals surface area contributed by atoms with E-state index in [1.165, 1.54) is 24.9 Å². The number of anilines is 1. The number of rotatable bonds is 4. The molecular weight excluding hydrogens is 392 g/mol. The van der Waals surface area contributed by atoms with Crippen molar-refractivity contribution >= 4 is 22.6 Å². The Kier molecular flexibility index (Phi) is 4.90. The Labute approximate surface area is 170 Å². The number of fused-ring (bicyclic) bond motifs is 2. The predicted molar refractivity (Wildman–Crippen MR) is 109 cm³/mol. The van der Waals surface area contributed by atoms with Crippen LogP contribution in [0.3, 0.4) is 0 Å². The molecule has 3 heterocycles. The topological polar surface area (TPSA) is 114 Å². The molecule has 10 heteroatoms. The summed E-state index contributed by atoms with van der Waals surface area (Å²) in [4.78, 5) is 42.5. The first kappa shape index (κ1) is 19.5. The molecule has 0 saturated carbocycles. The highest BCUT2D eigenvalue weighted by Gasteiger charge is 2.20. The summed E-state index contributed by atoms with van der Waals surface area (Å²) in [6.45, 7) is 2.16. The lowest BCUT2D eigenvalue weighted by molar-refractivity contribution is -0.116. The largest absolute Gasteiger partial charge is 0.495 e. The van der Waals surface area contributed by atoms with Crippen LogP contribution in [0.1, 0.15) is 5.56 Å². The third-order valence-electron chi connectivity index (χ3n) is 4.82. The maximum atomic E-state index is 13.0. The molecule has 30 heavy (non-hydrogen) atoms. The first-order chi connectivity index (χ1) is 14.4. The van der Waals surface area contributed by atoms with Crippen molar-refractivity contribution in [1.29, 1.82) is 0 Å². The molecule has 0 spiro atoms. The quantitative estimate of drug-likeness (QED) is 0.675. The highest BCUT2D eigenvalue weighted by Crippen LogP contribution is 2.32. The molecule has 156 valence electrons. The molecular formula is C20H20N4O6. The number of methoxy groups -OCH3 is 1. The van der Waals surface area contributed by atoms with Crippen LogP contribution in [0.5, 0.6) is 17.2 Å². The number of nitrogens with one attached hydrogen (secondary N) is 1. The van der Waals surface area contributed by atoms with Crippen LogP contribution in [0.4, 0.5) is 5.69 Å². The molecule has 0 aliphatic carbocycles. The van der Waals surface area contributed by atoms with Gasteiger partial charge in [-0.05, 0) is 19.1 Å². The van der Waals surface area contributed by atoms with Crippen molar-refractivity contribution < 1.29 is 19.0 Å². The van der Waals surface area contributed by atoms with Gasteiger partial charge < -0.3 is 19.5 Å². The van der Waals surface area contributed by atoms with Crippen molar-refractivity contribution in [3.8, 4) is 17.2 Å². The Morgan fingerprint density at radius 2 is 1.97 bits per heavy atom. The van der Waals surface area contributed by atoms with Gasteiger partial charge in [-0.15, -0.1) is 0 Å². The smallest absolute Gasteiger partial charge is 0.332 e. The van der Waals surface area contributed by atoms with E-state index in [-0.39, 0.29) is 11.0 Å². The Hall–Kier alpha value is -3.82. The molecule has 0 bridgehead atoms. The molecule has 0 saturated heterocycles. The molecule has 1 aromatic carbocycles. The van der Waals surface area contributed by atoms with Crippen LogP contribution in [0.15, 0.2) is 34.0 Å². The molecule has 1 N–H and O–H groups in total. The maximum Gasteiger partial charge on any atom is 0.332 e. The van der Waals surface area contributed by atoms with Crippen molar-refractivity contribution in [3.63, 3.8) is 0 Å². The van der Waals surface area contributed by atoms with Crippen molar-refractivity contribution in [2.45, 2.75) is 13.5 Å². The normalized spacial score (nSPS) is 12.6. The monoisotopic (exact) mass is 412 g/mol. The third-order valence-corrected chi connectivity index (χ3v) is 4.82. The molecule has 1 aliphatic heterocycles. The molecule has 1 amide bonds. The number of aromatic nitrogens is 3. The summed E-state index contributed by atoms with van der Waals surface area (Å²) < 4.78 is 18.4. The van der Waals surface area contributed by atoms with Gasteiger partial charge in [0.25, 0.3) is 5.56 Å². The number of benzene rings is 1. The lowest BCUT2D eigenvalue weighted by Crippen LogP contribution is -2.42. The van der Waals surface area contributed by atoms with Crippen LogP contribution in [-0.4, -0.2) is 40.3 Å². The second-order valence-corrected chi connectivity index (χ2v) is 6.81. The number of ether oxygens (including phenoxy) is 3. The first-order valence-electron chi connectivity index (χ1n) is 9.23. The predicted octanol–water partition coefficient (Wildman–Crippen LogP) is 0.822. The van der Waals surface area contributed by atoms with E-state index in [0.717, 1.165) is 4.57 Å². The minimum atomic E-state index is -0.650. The van der Waals surface area contributed by atoms with Gasteiger partial charge in [0.2, 0.25) is 5.91 Å². The number of pyridine rings is 1. The fraction of sp³-hybridized carbons (Fsp3) is 0.300. The number of nitrogens with zero attached hydrogens (tertiary/aromatic N) is 3. The van der Waals surface area contributed by atoms with Gasteiger partial charge in [-0.25, -0.2) is 14.3 Å². The van der Waals surface area contributed by atoms with Crippen LogP contribution >= 0.6 is 0 Å². The fourth-order valence-electron chi connectivity index (χ4n) is 3.39. The minimum absolute atomic E-state index is 0.145. The second-order valence-electron chi connectivity index (χ2n) is 6.81. The molecule has 3 aromatic rings. The zero-order chi connectivity index (χ0) is 21.4. The van der Waals surface area contributed by atoms with E-state index in [0.29, 0.717) is 41.7 Å². The van der Waals surface area contributed by atoms with Gasteiger partial charge in [-0.1, -0.05) is 0 Å². The number of carbonyl (C=O) groups excluding carboxylic acids is 1. The summed E-state index contributed by atoms with van der Waals surface area (Å²) in [5, 5.41) is 2.82. The van der Waals surface area contributed by atoms with Crippen LogP contribution < -0.4 is 30.8 Å². The average molecular weight is 412 g/mol. The number of hydrogen-bond donors (Lipinski definition) is 1. The number of amides is 1. The lowest BCUT2D eigenvalue weighted by atomic mass is 10.2. The molecule has 4 rings (SSSR count). The summed E-state index contributed by atoms with van der Waals surface area (Å²) in [6, 6.07) is 4.97. The van der Waals surface area contributed by atoms with E-state index in [4.69, 9.17) is 14.2 Å². The first-order valence-corrected chi connectivity index (χ1v) is 9.23. The Balaban J connectivity index is 1.69. The van der Waals surface area contributed by atoms with Gasteiger partial charge >= 0.3 is 5.69 Å². The average Bonchev–Trinajstić information content (AvgIpc) is 2.74. The fourth-order valence-corrected chi connectivity index (χ4v) is 3.39. The van der Waals surface area contributed by atoms with Gasteiger partial charge in [0.1, 0.15) is 30.9 Å². The van der Waals surface area contributed by atoms with E-state index in [2.05, 4.69) is 10.3 Å². The van der Waals surface area contributed by atoms with E-state index >= 15 is 0 Å². The van der Waals surface area contributed by atoms with Crippen molar-refractivity contribution in [2.24, 2.45) is 7.05 Å². The standard InChI is InChI=1S/C20H20N4O6/c1-11-9-21-18-16(17(11)28-3)19(26)24(20(27)23(18)2)10-15(25)22-12-4-5-13-14(8-12)30-7-6-29-13/h4-5,8-9H,6-7,10H2,1-3H3,(H,22,25). The van der Waals surface area contributed by atoms with Crippen LogP contribution in [0.2, 0.25) is 0 Å². The Morgan fingerprint density at radius 1 is 1.23 bits per heavy atom. The highest BCUT2D eigenvalue weighted by molar-refractivity contribution is 5.91. The summed E-state index contributed by atoms with van der Waals surface area (Å²) >= 11 is 0. The van der Waals surface area contributed by atoms with Gasteiger partial charge in [0.15, 0.2) is 17.1 Å². The Morgan fingerprint density at radius 3 is 2.70 bits per heavy atom. The summed E-state index contributed by atoms with van der Waals surface area (Å²) in [6.07, 6.45) is 1.53. The summed E-state index contributed by atoms with van der Waals surface area (Å²) in [7, 11) is 2.92. The van der Waals surface area contributed by atoms with Crippen LogP contribution in [-0.2, 0) is 18.4 Å². The molecule has 0 fully saturated rings. The molecule has 0 unspecified atom stereocenters. The third kappa shape index (κ3) is 3.25. The van der Waals surface area contributed by atoms with E-state index in [1.807, 2.05) is 0 Å². The lowest BCUT2D eigenvalue weighted by Gasteiger charge is -2.19. The highest BCUT2D eigenvalue weighted by atomic mass is 16.6. The molecule has 0 radical (unpaired) electrons. The van der Waals surface area contributed by atoms with E-state index in [9.17, 15) is 14.4 Å². The molecule has 1 aliphatic rings. The van der Waals surface area contributed by atoms with Crippen LogP contribution in [0, 0.1) is 6.92 Å². The van der Waals surface area contributed by atoms with Crippen molar-refractivity contribution in [2.75, 3.05) is 25.6 Å². The number of carbonyl (C=O) groups is 1. The maximum absolute atomic E-state index is 13.0. The molecule has 10 nitrogen and oxygen atoms in total.